The van der Waals surface area contributed by atoms with Gasteiger partial charge >= 0.3 is 5.97 Å². The number of nitrogens with one attached hydrogen (secondary N) is 1. The number of pyridine rings is 1. The highest BCUT2D eigenvalue weighted by Crippen LogP contribution is 2.22. The largest absolute Gasteiger partial charge is 0.480 e. The minimum Gasteiger partial charge on any atom is -0.480 e. The Morgan fingerprint density at radius 1 is 1.16 bits per heavy atom. The summed E-state index contributed by atoms with van der Waals surface area (Å²) >= 11 is 0. The molecule has 126 valence electrons. The molecule has 3 rings (SSSR count). The van der Waals surface area contributed by atoms with Crippen LogP contribution in [0.2, 0.25) is 0 Å². The van der Waals surface area contributed by atoms with E-state index in [0.717, 1.165) is 5.56 Å². The summed E-state index contributed by atoms with van der Waals surface area (Å²) in [5.41, 5.74) is 1.62. The predicted octanol–water partition coefficient (Wildman–Crippen LogP) is 2.00. The maximum atomic E-state index is 12.1. The van der Waals surface area contributed by atoms with Gasteiger partial charge in [0.2, 0.25) is 5.82 Å². The monoisotopic (exact) mass is 338 g/mol. The summed E-state index contributed by atoms with van der Waals surface area (Å²) < 4.78 is 5.23. The van der Waals surface area contributed by atoms with Crippen molar-refractivity contribution in [2.75, 3.05) is 0 Å². The maximum absolute atomic E-state index is 12.1. The highest BCUT2D eigenvalue weighted by atomic mass is 16.5. The number of carbonyl (C=O) groups excluding carboxylic acids is 1. The molecule has 0 saturated carbocycles. The lowest BCUT2D eigenvalue weighted by Crippen LogP contribution is -2.38. The number of nitrogens with zero attached hydrogens (tertiary/aromatic N) is 3. The second-order valence-electron chi connectivity index (χ2n) is 5.27. The minimum atomic E-state index is -1.11. The van der Waals surface area contributed by atoms with Crippen LogP contribution >= 0.6 is 0 Å². The smallest absolute Gasteiger partial charge is 0.325 e. The summed E-state index contributed by atoms with van der Waals surface area (Å²) in [5.74, 6) is -0.932. The fraction of sp³-hybridized carbons (Fsp3) is 0.118. The fourth-order valence-electron chi connectivity index (χ4n) is 2.09. The molecule has 3 aromatic rings. The molecule has 0 saturated heterocycles. The standard InChI is InChI=1S/C17H14N4O4/c1-10(17(23)24)19-15(22)13-4-2-3-12(9-13)14-20-16(25-21-14)11-5-7-18-8-6-11/h2-10H,1H3,(H,19,22)(H,23,24). The molecule has 0 spiro atoms. The van der Waals surface area contributed by atoms with E-state index < -0.39 is 17.9 Å². The number of benzene rings is 1. The topological polar surface area (TPSA) is 118 Å². The number of hydrogen-bond donors (Lipinski definition) is 2. The van der Waals surface area contributed by atoms with E-state index in [1.165, 1.54) is 6.92 Å². The highest BCUT2D eigenvalue weighted by molar-refractivity contribution is 5.97. The van der Waals surface area contributed by atoms with Gasteiger partial charge in [0.05, 0.1) is 0 Å². The van der Waals surface area contributed by atoms with Crippen molar-refractivity contribution in [2.24, 2.45) is 0 Å². The van der Waals surface area contributed by atoms with Gasteiger partial charge in [-0.15, -0.1) is 0 Å². The number of aliphatic carboxylic acids is 1. The van der Waals surface area contributed by atoms with Crippen LogP contribution < -0.4 is 5.32 Å². The molecule has 25 heavy (non-hydrogen) atoms. The van der Waals surface area contributed by atoms with Crippen molar-refractivity contribution >= 4 is 11.9 Å². The molecular formula is C17H14N4O4. The minimum absolute atomic E-state index is 0.306. The molecule has 1 unspecified atom stereocenters. The van der Waals surface area contributed by atoms with Gasteiger partial charge in [-0.25, -0.2) is 0 Å². The number of aromatic nitrogens is 3. The van der Waals surface area contributed by atoms with Gasteiger partial charge in [0, 0.05) is 29.1 Å². The molecule has 2 N–H and O–H groups in total. The summed E-state index contributed by atoms with van der Waals surface area (Å²) in [4.78, 5) is 31.2. The normalized spacial score (nSPS) is 11.7. The van der Waals surface area contributed by atoms with E-state index in [-0.39, 0.29) is 0 Å². The van der Waals surface area contributed by atoms with Crippen LogP contribution in [0.4, 0.5) is 0 Å². The average Bonchev–Trinajstić information content (AvgIpc) is 3.12. The Kier molecular flexibility index (Phi) is 4.51. The highest BCUT2D eigenvalue weighted by Gasteiger charge is 2.17. The Bertz CT molecular complexity index is 908. The molecule has 0 radical (unpaired) electrons. The van der Waals surface area contributed by atoms with Crippen molar-refractivity contribution in [2.45, 2.75) is 13.0 Å². The summed E-state index contributed by atoms with van der Waals surface area (Å²) in [5, 5.41) is 15.2. The third-order valence-electron chi connectivity index (χ3n) is 3.45. The first-order chi connectivity index (χ1) is 12.0. The van der Waals surface area contributed by atoms with Gasteiger partial charge in [-0.05, 0) is 31.2 Å². The van der Waals surface area contributed by atoms with Gasteiger partial charge in [0.25, 0.3) is 11.8 Å². The van der Waals surface area contributed by atoms with Gasteiger partial charge in [-0.3, -0.25) is 14.6 Å². The van der Waals surface area contributed by atoms with Crippen LogP contribution in [0.3, 0.4) is 0 Å². The zero-order valence-corrected chi connectivity index (χ0v) is 13.2. The Balaban J connectivity index is 1.84. The lowest BCUT2D eigenvalue weighted by atomic mass is 10.1. The quantitative estimate of drug-likeness (QED) is 0.730. The molecule has 0 fully saturated rings. The molecule has 1 atom stereocenters. The van der Waals surface area contributed by atoms with Crippen molar-refractivity contribution in [3.8, 4) is 22.8 Å². The first-order valence-corrected chi connectivity index (χ1v) is 7.43. The van der Waals surface area contributed by atoms with Crippen molar-refractivity contribution in [1.82, 2.24) is 20.4 Å². The zero-order valence-electron chi connectivity index (χ0n) is 13.2. The van der Waals surface area contributed by atoms with Crippen LogP contribution in [0.15, 0.2) is 53.3 Å². The van der Waals surface area contributed by atoms with Crippen LogP contribution in [-0.4, -0.2) is 38.1 Å². The Morgan fingerprint density at radius 3 is 2.64 bits per heavy atom. The van der Waals surface area contributed by atoms with Crippen molar-refractivity contribution < 1.29 is 19.2 Å². The Morgan fingerprint density at radius 2 is 1.92 bits per heavy atom. The number of rotatable bonds is 5. The molecule has 8 heteroatoms. The Hall–Kier alpha value is -3.55. The second-order valence-corrected chi connectivity index (χ2v) is 5.27. The van der Waals surface area contributed by atoms with Crippen LogP contribution in [0.5, 0.6) is 0 Å². The molecule has 0 bridgehead atoms. The van der Waals surface area contributed by atoms with Gasteiger partial charge < -0.3 is 14.9 Å². The molecule has 1 amide bonds. The first-order valence-electron chi connectivity index (χ1n) is 7.43. The van der Waals surface area contributed by atoms with Gasteiger partial charge in [0.15, 0.2) is 0 Å². The lowest BCUT2D eigenvalue weighted by Gasteiger charge is -2.09. The maximum Gasteiger partial charge on any atom is 0.325 e. The van der Waals surface area contributed by atoms with Crippen molar-refractivity contribution in [1.29, 1.82) is 0 Å². The van der Waals surface area contributed by atoms with E-state index in [1.807, 2.05) is 0 Å². The van der Waals surface area contributed by atoms with Gasteiger partial charge in [-0.1, -0.05) is 17.3 Å². The second kappa shape index (κ2) is 6.91. The lowest BCUT2D eigenvalue weighted by molar-refractivity contribution is -0.138. The summed E-state index contributed by atoms with van der Waals surface area (Å²) in [6, 6.07) is 9.06. The predicted molar refractivity (Wildman–Crippen MR) is 87.5 cm³/mol. The number of carboxylic acid groups (broad SMARTS) is 1. The molecule has 0 aliphatic rings. The fourth-order valence-corrected chi connectivity index (χ4v) is 2.09. The van der Waals surface area contributed by atoms with Gasteiger partial charge in [0.1, 0.15) is 6.04 Å². The summed E-state index contributed by atoms with van der Waals surface area (Å²) in [6.07, 6.45) is 3.24. The average molecular weight is 338 g/mol. The molecule has 1 aromatic carbocycles. The van der Waals surface area contributed by atoms with E-state index in [2.05, 4.69) is 20.4 Å². The molecular weight excluding hydrogens is 324 g/mol. The SMILES string of the molecule is CC(NC(=O)c1cccc(-c2noc(-c3ccncc3)n2)c1)C(=O)O. The van der Waals surface area contributed by atoms with Crippen LogP contribution in [0.1, 0.15) is 17.3 Å². The number of carboxylic acids is 1. The van der Waals surface area contributed by atoms with Crippen LogP contribution in [0.25, 0.3) is 22.8 Å². The summed E-state index contributed by atoms with van der Waals surface area (Å²) in [6.45, 7) is 1.39. The number of amides is 1. The molecule has 2 aromatic heterocycles. The third kappa shape index (κ3) is 3.69. The summed E-state index contributed by atoms with van der Waals surface area (Å²) in [7, 11) is 0. The molecule has 0 aliphatic heterocycles. The van der Waals surface area contributed by atoms with E-state index >= 15 is 0 Å². The van der Waals surface area contributed by atoms with E-state index in [4.69, 9.17) is 9.63 Å². The van der Waals surface area contributed by atoms with E-state index in [0.29, 0.717) is 22.8 Å². The zero-order chi connectivity index (χ0) is 17.8. The first kappa shape index (κ1) is 16.3. The third-order valence-corrected chi connectivity index (χ3v) is 3.45. The molecule has 0 aliphatic carbocycles. The van der Waals surface area contributed by atoms with Gasteiger partial charge in [-0.2, -0.15) is 4.98 Å². The molecule has 2 heterocycles. The van der Waals surface area contributed by atoms with Crippen LogP contribution in [-0.2, 0) is 4.79 Å². The number of hydrogen-bond acceptors (Lipinski definition) is 6. The van der Waals surface area contributed by atoms with Crippen molar-refractivity contribution in [3.05, 3.63) is 54.4 Å². The number of carbonyl (C=O) groups is 2. The van der Waals surface area contributed by atoms with Crippen LogP contribution in [0, 0.1) is 0 Å². The van der Waals surface area contributed by atoms with E-state index in [9.17, 15) is 9.59 Å². The van der Waals surface area contributed by atoms with E-state index in [1.54, 1.807) is 48.8 Å². The van der Waals surface area contributed by atoms with Crippen molar-refractivity contribution in [3.63, 3.8) is 0 Å². The Labute approximate surface area is 142 Å². The molecule has 8 nitrogen and oxygen atoms in total.